The summed E-state index contributed by atoms with van der Waals surface area (Å²) in [6.07, 6.45) is 0. The first-order chi connectivity index (χ1) is 9.99. The number of anilines is 1. The first-order valence-corrected chi connectivity index (χ1v) is 7.21. The summed E-state index contributed by atoms with van der Waals surface area (Å²) in [7, 11) is 0. The molecule has 0 saturated heterocycles. The molecule has 0 fully saturated rings. The van der Waals surface area contributed by atoms with Gasteiger partial charge in [-0.15, -0.1) is 12.6 Å². The van der Waals surface area contributed by atoms with Gasteiger partial charge in [-0.05, 0) is 49.6 Å². The minimum Gasteiger partial charge on any atom is -0.483 e. The fraction of sp³-hybridized carbons (Fsp3) is 0.235. The maximum atomic E-state index is 12.0. The normalized spacial score (nSPS) is 10.3. The van der Waals surface area contributed by atoms with Gasteiger partial charge in [-0.3, -0.25) is 4.79 Å². The van der Waals surface area contributed by atoms with Crippen molar-refractivity contribution >= 4 is 24.2 Å². The highest BCUT2D eigenvalue weighted by atomic mass is 32.1. The molecule has 0 aromatic heterocycles. The van der Waals surface area contributed by atoms with Crippen LogP contribution in [0.3, 0.4) is 0 Å². The second kappa shape index (κ2) is 6.68. The number of thiol groups is 1. The maximum Gasteiger partial charge on any atom is 0.262 e. The summed E-state index contributed by atoms with van der Waals surface area (Å²) in [5.74, 6) is 0.584. The van der Waals surface area contributed by atoms with E-state index in [2.05, 4.69) is 24.0 Å². The minimum atomic E-state index is -0.197. The Morgan fingerprint density at radius 1 is 1.10 bits per heavy atom. The van der Waals surface area contributed by atoms with Crippen LogP contribution >= 0.6 is 12.6 Å². The van der Waals surface area contributed by atoms with E-state index in [4.69, 9.17) is 4.74 Å². The Balaban J connectivity index is 2.02. The molecule has 0 aliphatic heterocycles. The third kappa shape index (κ3) is 3.79. The van der Waals surface area contributed by atoms with Crippen LogP contribution in [0.2, 0.25) is 0 Å². The van der Waals surface area contributed by atoms with Crippen molar-refractivity contribution in [2.75, 3.05) is 11.9 Å². The van der Waals surface area contributed by atoms with E-state index < -0.39 is 0 Å². The Labute approximate surface area is 130 Å². The molecule has 2 rings (SSSR count). The lowest BCUT2D eigenvalue weighted by molar-refractivity contribution is -0.118. The monoisotopic (exact) mass is 301 g/mol. The molecule has 21 heavy (non-hydrogen) atoms. The van der Waals surface area contributed by atoms with E-state index in [0.717, 1.165) is 27.3 Å². The smallest absolute Gasteiger partial charge is 0.262 e. The number of hydrogen-bond donors (Lipinski definition) is 2. The average molecular weight is 301 g/mol. The van der Waals surface area contributed by atoms with Crippen LogP contribution in [-0.2, 0) is 4.79 Å². The van der Waals surface area contributed by atoms with Crippen LogP contribution < -0.4 is 10.1 Å². The molecule has 0 unspecified atom stereocenters. The molecule has 0 atom stereocenters. The van der Waals surface area contributed by atoms with E-state index in [-0.39, 0.29) is 12.5 Å². The van der Waals surface area contributed by atoms with Gasteiger partial charge < -0.3 is 10.1 Å². The number of carbonyl (C=O) groups is 1. The zero-order valence-corrected chi connectivity index (χ0v) is 13.3. The van der Waals surface area contributed by atoms with Crippen molar-refractivity contribution in [3.63, 3.8) is 0 Å². The number of nitrogens with one attached hydrogen (secondary N) is 1. The van der Waals surface area contributed by atoms with Crippen LogP contribution in [0, 0.1) is 20.8 Å². The number of benzene rings is 2. The predicted octanol–water partition coefficient (Wildman–Crippen LogP) is 3.92. The third-order valence-corrected chi connectivity index (χ3v) is 3.79. The number of para-hydroxylation sites is 1. The number of amides is 1. The summed E-state index contributed by atoms with van der Waals surface area (Å²) in [5, 5.41) is 2.79. The maximum absolute atomic E-state index is 12.0. The highest BCUT2D eigenvalue weighted by molar-refractivity contribution is 7.80. The van der Waals surface area contributed by atoms with E-state index in [1.54, 1.807) is 0 Å². The van der Waals surface area contributed by atoms with Gasteiger partial charge in [-0.25, -0.2) is 0 Å². The fourth-order valence-electron chi connectivity index (χ4n) is 2.05. The van der Waals surface area contributed by atoms with Crippen LogP contribution in [0.1, 0.15) is 16.7 Å². The lowest BCUT2D eigenvalue weighted by Gasteiger charge is -2.14. The van der Waals surface area contributed by atoms with E-state index in [1.807, 2.05) is 51.1 Å². The molecule has 1 N–H and O–H groups in total. The Bertz CT molecular complexity index is 668. The van der Waals surface area contributed by atoms with Crippen molar-refractivity contribution < 1.29 is 9.53 Å². The average Bonchev–Trinajstić information content (AvgIpc) is 2.45. The molecule has 3 nitrogen and oxygen atoms in total. The van der Waals surface area contributed by atoms with E-state index in [0.29, 0.717) is 5.69 Å². The summed E-state index contributed by atoms with van der Waals surface area (Å²) in [5.41, 5.74) is 3.93. The minimum absolute atomic E-state index is 0.0206. The Morgan fingerprint density at radius 3 is 2.48 bits per heavy atom. The first kappa shape index (κ1) is 15.4. The standard InChI is InChI=1S/C17H19NO2S/c1-11-8-9-12(2)17(13(11)3)20-10-16(19)18-14-6-4-5-7-15(14)21/h4-9,21H,10H2,1-3H3,(H,18,19). The Hall–Kier alpha value is -1.94. The van der Waals surface area contributed by atoms with Gasteiger partial charge >= 0.3 is 0 Å². The van der Waals surface area contributed by atoms with Crippen molar-refractivity contribution in [2.45, 2.75) is 25.7 Å². The van der Waals surface area contributed by atoms with Crippen molar-refractivity contribution in [3.05, 3.63) is 53.1 Å². The topological polar surface area (TPSA) is 38.3 Å². The van der Waals surface area contributed by atoms with Crippen molar-refractivity contribution in [2.24, 2.45) is 0 Å². The highest BCUT2D eigenvalue weighted by Crippen LogP contribution is 2.25. The second-order valence-electron chi connectivity index (χ2n) is 5.01. The van der Waals surface area contributed by atoms with E-state index in [1.165, 1.54) is 0 Å². The van der Waals surface area contributed by atoms with Crippen LogP contribution in [-0.4, -0.2) is 12.5 Å². The number of carbonyl (C=O) groups excluding carboxylic acids is 1. The second-order valence-corrected chi connectivity index (χ2v) is 5.49. The summed E-state index contributed by atoms with van der Waals surface area (Å²) in [6, 6.07) is 11.4. The van der Waals surface area contributed by atoms with Crippen molar-refractivity contribution in [1.82, 2.24) is 0 Å². The molecule has 4 heteroatoms. The number of rotatable bonds is 4. The summed E-state index contributed by atoms with van der Waals surface area (Å²) in [6.45, 7) is 5.98. The molecule has 0 saturated carbocycles. The number of aryl methyl sites for hydroxylation is 2. The van der Waals surface area contributed by atoms with Gasteiger partial charge in [0, 0.05) is 4.90 Å². The molecule has 0 heterocycles. The van der Waals surface area contributed by atoms with Crippen LogP contribution in [0.25, 0.3) is 0 Å². The third-order valence-electron chi connectivity index (χ3n) is 3.40. The SMILES string of the molecule is Cc1ccc(C)c(OCC(=O)Nc2ccccc2S)c1C. The summed E-state index contributed by atoms with van der Waals surface area (Å²) < 4.78 is 5.69. The van der Waals surface area contributed by atoms with Crippen LogP contribution in [0.5, 0.6) is 5.75 Å². The Morgan fingerprint density at radius 2 is 1.76 bits per heavy atom. The molecule has 2 aromatic carbocycles. The quantitative estimate of drug-likeness (QED) is 0.840. The van der Waals surface area contributed by atoms with E-state index in [9.17, 15) is 4.79 Å². The van der Waals surface area contributed by atoms with Crippen LogP contribution in [0.15, 0.2) is 41.3 Å². The van der Waals surface area contributed by atoms with Gasteiger partial charge in [-0.2, -0.15) is 0 Å². The fourth-order valence-corrected chi connectivity index (χ4v) is 2.27. The molecular formula is C17H19NO2S. The molecule has 0 aliphatic rings. The molecule has 110 valence electrons. The largest absolute Gasteiger partial charge is 0.483 e. The van der Waals surface area contributed by atoms with Gasteiger partial charge in [0.2, 0.25) is 0 Å². The zero-order chi connectivity index (χ0) is 15.4. The predicted molar refractivity (Wildman–Crippen MR) is 88.5 cm³/mol. The number of ether oxygens (including phenoxy) is 1. The van der Waals surface area contributed by atoms with Crippen LogP contribution in [0.4, 0.5) is 5.69 Å². The van der Waals surface area contributed by atoms with Gasteiger partial charge in [-0.1, -0.05) is 24.3 Å². The Kier molecular flexibility index (Phi) is 4.91. The molecule has 2 aromatic rings. The lowest BCUT2D eigenvalue weighted by atomic mass is 10.1. The summed E-state index contributed by atoms with van der Waals surface area (Å²) in [4.78, 5) is 12.7. The molecule has 0 radical (unpaired) electrons. The van der Waals surface area contributed by atoms with Crippen molar-refractivity contribution in [1.29, 1.82) is 0 Å². The first-order valence-electron chi connectivity index (χ1n) is 6.76. The van der Waals surface area contributed by atoms with E-state index >= 15 is 0 Å². The van der Waals surface area contributed by atoms with Gasteiger partial charge in [0.15, 0.2) is 6.61 Å². The molecule has 0 aliphatic carbocycles. The zero-order valence-electron chi connectivity index (χ0n) is 12.4. The van der Waals surface area contributed by atoms with Gasteiger partial charge in [0.25, 0.3) is 5.91 Å². The molecular weight excluding hydrogens is 282 g/mol. The van der Waals surface area contributed by atoms with Gasteiger partial charge in [0.1, 0.15) is 5.75 Å². The summed E-state index contributed by atoms with van der Waals surface area (Å²) >= 11 is 4.30. The molecule has 1 amide bonds. The van der Waals surface area contributed by atoms with Gasteiger partial charge in [0.05, 0.1) is 5.69 Å². The molecule has 0 spiro atoms. The highest BCUT2D eigenvalue weighted by Gasteiger charge is 2.10. The molecule has 0 bridgehead atoms. The van der Waals surface area contributed by atoms with Crippen molar-refractivity contribution in [3.8, 4) is 5.75 Å². The number of hydrogen-bond acceptors (Lipinski definition) is 3. The lowest BCUT2D eigenvalue weighted by Crippen LogP contribution is -2.21.